The van der Waals surface area contributed by atoms with Crippen LogP contribution in [-0.4, -0.2) is 61.0 Å². The second kappa shape index (κ2) is 6.12. The topological polar surface area (TPSA) is 35.6 Å². The van der Waals surface area contributed by atoms with Gasteiger partial charge >= 0.3 is 0 Å². The van der Waals surface area contributed by atoms with Crippen LogP contribution >= 0.6 is 11.6 Å². The molecule has 1 atom stereocenters. The molecule has 0 saturated carbocycles. The Hall–Kier alpha value is -1.10. The van der Waals surface area contributed by atoms with E-state index in [9.17, 15) is 4.79 Å². The van der Waals surface area contributed by atoms with Gasteiger partial charge in [-0.15, -0.1) is 0 Å². The second-order valence-electron chi connectivity index (χ2n) is 5.45. The fourth-order valence-corrected chi connectivity index (χ4v) is 3.26. The van der Waals surface area contributed by atoms with Gasteiger partial charge in [-0.25, -0.2) is 0 Å². The molecule has 1 amide bonds. The molecule has 1 aromatic rings. The summed E-state index contributed by atoms with van der Waals surface area (Å²) in [5, 5.41) is 3.94. The van der Waals surface area contributed by atoms with Crippen LogP contribution in [0.4, 0.5) is 0 Å². The summed E-state index contributed by atoms with van der Waals surface area (Å²) >= 11 is 6.10. The molecule has 20 heavy (non-hydrogen) atoms. The number of hydrogen-bond donors (Lipinski definition) is 1. The SMILES string of the molecule is O=C(c1ccccc1Cl)N1CCN(C2CCNC2)CC1. The molecule has 2 heterocycles. The largest absolute Gasteiger partial charge is 0.336 e. The minimum atomic E-state index is 0.0554. The summed E-state index contributed by atoms with van der Waals surface area (Å²) in [7, 11) is 0. The third-order valence-electron chi connectivity index (χ3n) is 4.26. The molecule has 2 fully saturated rings. The van der Waals surface area contributed by atoms with Crippen LogP contribution in [0.3, 0.4) is 0 Å². The van der Waals surface area contributed by atoms with Crippen LogP contribution in [0.25, 0.3) is 0 Å². The van der Waals surface area contributed by atoms with Gasteiger partial charge in [0.15, 0.2) is 0 Å². The molecule has 4 nitrogen and oxygen atoms in total. The van der Waals surface area contributed by atoms with Crippen molar-refractivity contribution < 1.29 is 4.79 Å². The van der Waals surface area contributed by atoms with E-state index in [0.717, 1.165) is 39.3 Å². The maximum Gasteiger partial charge on any atom is 0.255 e. The minimum Gasteiger partial charge on any atom is -0.336 e. The molecule has 0 aromatic heterocycles. The molecule has 0 bridgehead atoms. The Morgan fingerprint density at radius 1 is 1.20 bits per heavy atom. The molecule has 5 heteroatoms. The van der Waals surface area contributed by atoms with Gasteiger partial charge in [0.05, 0.1) is 10.6 Å². The van der Waals surface area contributed by atoms with Crippen LogP contribution in [-0.2, 0) is 0 Å². The zero-order valence-electron chi connectivity index (χ0n) is 11.5. The number of nitrogens with zero attached hydrogens (tertiary/aromatic N) is 2. The van der Waals surface area contributed by atoms with Gasteiger partial charge in [0.2, 0.25) is 0 Å². The zero-order chi connectivity index (χ0) is 13.9. The number of piperazine rings is 1. The highest BCUT2D eigenvalue weighted by molar-refractivity contribution is 6.33. The van der Waals surface area contributed by atoms with Gasteiger partial charge in [-0.1, -0.05) is 23.7 Å². The lowest BCUT2D eigenvalue weighted by Crippen LogP contribution is -2.52. The predicted molar refractivity (Wildman–Crippen MR) is 80.2 cm³/mol. The molecule has 2 aliphatic rings. The fraction of sp³-hybridized carbons (Fsp3) is 0.533. The Morgan fingerprint density at radius 3 is 2.60 bits per heavy atom. The van der Waals surface area contributed by atoms with Crippen LogP contribution < -0.4 is 5.32 Å². The number of halogens is 1. The van der Waals surface area contributed by atoms with Gasteiger partial charge in [-0.3, -0.25) is 9.69 Å². The highest BCUT2D eigenvalue weighted by Crippen LogP contribution is 2.19. The summed E-state index contributed by atoms with van der Waals surface area (Å²) in [4.78, 5) is 16.9. The Balaban J connectivity index is 1.60. The van der Waals surface area contributed by atoms with Gasteiger partial charge in [-0.2, -0.15) is 0 Å². The van der Waals surface area contributed by atoms with Crippen LogP contribution in [0.1, 0.15) is 16.8 Å². The first-order valence-electron chi connectivity index (χ1n) is 7.24. The smallest absolute Gasteiger partial charge is 0.255 e. The molecule has 1 aromatic carbocycles. The molecule has 2 aliphatic heterocycles. The Kier molecular flexibility index (Phi) is 4.24. The van der Waals surface area contributed by atoms with Crippen LogP contribution in [0.15, 0.2) is 24.3 Å². The molecule has 108 valence electrons. The Labute approximate surface area is 124 Å². The van der Waals surface area contributed by atoms with Crippen molar-refractivity contribution in [1.82, 2.24) is 15.1 Å². The first kappa shape index (κ1) is 13.9. The fourth-order valence-electron chi connectivity index (χ4n) is 3.05. The number of carbonyl (C=O) groups is 1. The van der Waals surface area contributed by atoms with Crippen molar-refractivity contribution >= 4 is 17.5 Å². The van der Waals surface area contributed by atoms with E-state index in [2.05, 4.69) is 10.2 Å². The van der Waals surface area contributed by atoms with Crippen molar-refractivity contribution in [1.29, 1.82) is 0 Å². The first-order chi connectivity index (χ1) is 9.75. The number of benzene rings is 1. The highest BCUT2D eigenvalue weighted by atomic mass is 35.5. The molecule has 0 spiro atoms. The summed E-state index contributed by atoms with van der Waals surface area (Å²) in [5.74, 6) is 0.0554. The van der Waals surface area contributed by atoms with Gasteiger partial charge in [0.1, 0.15) is 0 Å². The van der Waals surface area contributed by atoms with Crippen LogP contribution in [0, 0.1) is 0 Å². The molecular weight excluding hydrogens is 274 g/mol. The maximum absolute atomic E-state index is 12.5. The van der Waals surface area contributed by atoms with E-state index in [1.807, 2.05) is 17.0 Å². The third kappa shape index (κ3) is 2.82. The molecule has 3 rings (SSSR count). The lowest BCUT2D eigenvalue weighted by atomic mass is 10.1. The minimum absolute atomic E-state index is 0.0554. The molecule has 1 unspecified atom stereocenters. The summed E-state index contributed by atoms with van der Waals surface area (Å²) in [6.07, 6.45) is 1.22. The molecular formula is C15H20ClN3O. The highest BCUT2D eigenvalue weighted by Gasteiger charge is 2.28. The van der Waals surface area contributed by atoms with Gasteiger partial charge in [0, 0.05) is 38.8 Å². The van der Waals surface area contributed by atoms with Gasteiger partial charge < -0.3 is 10.2 Å². The normalized spacial score (nSPS) is 24.1. The van der Waals surface area contributed by atoms with Crippen molar-refractivity contribution in [2.45, 2.75) is 12.5 Å². The first-order valence-corrected chi connectivity index (χ1v) is 7.62. The molecule has 0 aliphatic carbocycles. The number of nitrogens with one attached hydrogen (secondary N) is 1. The number of hydrogen-bond acceptors (Lipinski definition) is 3. The van der Waals surface area contributed by atoms with Gasteiger partial charge in [-0.05, 0) is 25.1 Å². The standard InChI is InChI=1S/C15H20ClN3O/c16-14-4-2-1-3-13(14)15(20)19-9-7-18(8-10-19)12-5-6-17-11-12/h1-4,12,17H,5-11H2. The average Bonchev–Trinajstić information content (AvgIpc) is 3.01. The summed E-state index contributed by atoms with van der Waals surface area (Å²) in [6, 6.07) is 7.93. The summed E-state index contributed by atoms with van der Waals surface area (Å²) < 4.78 is 0. The molecule has 1 N–H and O–H groups in total. The van der Waals surface area contributed by atoms with E-state index in [1.165, 1.54) is 6.42 Å². The van der Waals surface area contributed by atoms with E-state index >= 15 is 0 Å². The van der Waals surface area contributed by atoms with E-state index in [4.69, 9.17) is 11.6 Å². The lowest BCUT2D eigenvalue weighted by molar-refractivity contribution is 0.0584. The molecule has 0 radical (unpaired) electrons. The van der Waals surface area contributed by atoms with E-state index in [1.54, 1.807) is 12.1 Å². The quantitative estimate of drug-likeness (QED) is 0.897. The lowest BCUT2D eigenvalue weighted by Gasteiger charge is -2.37. The zero-order valence-corrected chi connectivity index (χ0v) is 12.3. The van der Waals surface area contributed by atoms with E-state index in [-0.39, 0.29) is 5.91 Å². The molecule has 2 saturated heterocycles. The van der Waals surface area contributed by atoms with Gasteiger partial charge in [0.25, 0.3) is 5.91 Å². The average molecular weight is 294 g/mol. The van der Waals surface area contributed by atoms with E-state index in [0.29, 0.717) is 16.6 Å². The summed E-state index contributed by atoms with van der Waals surface area (Å²) in [6.45, 7) is 5.70. The third-order valence-corrected chi connectivity index (χ3v) is 4.59. The Morgan fingerprint density at radius 2 is 1.95 bits per heavy atom. The Bertz CT molecular complexity index is 480. The summed E-state index contributed by atoms with van der Waals surface area (Å²) in [5.41, 5.74) is 0.616. The number of amides is 1. The van der Waals surface area contributed by atoms with Crippen molar-refractivity contribution in [3.05, 3.63) is 34.9 Å². The number of carbonyl (C=O) groups excluding carboxylic acids is 1. The number of rotatable bonds is 2. The predicted octanol–water partition coefficient (Wildman–Crippen LogP) is 1.46. The van der Waals surface area contributed by atoms with Crippen molar-refractivity contribution in [3.8, 4) is 0 Å². The van der Waals surface area contributed by atoms with E-state index < -0.39 is 0 Å². The van der Waals surface area contributed by atoms with Crippen LogP contribution in [0.2, 0.25) is 5.02 Å². The van der Waals surface area contributed by atoms with Crippen molar-refractivity contribution in [2.75, 3.05) is 39.3 Å². The van der Waals surface area contributed by atoms with Crippen LogP contribution in [0.5, 0.6) is 0 Å². The van der Waals surface area contributed by atoms with Crippen molar-refractivity contribution in [2.24, 2.45) is 0 Å². The van der Waals surface area contributed by atoms with Crippen molar-refractivity contribution in [3.63, 3.8) is 0 Å². The monoisotopic (exact) mass is 293 g/mol. The second-order valence-corrected chi connectivity index (χ2v) is 5.86. The maximum atomic E-state index is 12.5.